The van der Waals surface area contributed by atoms with E-state index in [-0.39, 0.29) is 6.54 Å². The van der Waals surface area contributed by atoms with Crippen LogP contribution in [0.15, 0.2) is 46.7 Å². The molecule has 0 aromatic heterocycles. The molecular formula is C20H17Cl2N5O3. The van der Waals surface area contributed by atoms with E-state index >= 15 is 0 Å². The summed E-state index contributed by atoms with van der Waals surface area (Å²) in [6.45, 7) is 3.42. The number of imide groups is 1. The molecule has 0 saturated carbocycles. The Morgan fingerprint density at radius 3 is 2.43 bits per heavy atom. The number of anilines is 2. The molecule has 1 fully saturated rings. The number of nitrogens with zero attached hydrogens (tertiary/aromatic N) is 4. The Morgan fingerprint density at radius 1 is 1.07 bits per heavy atom. The van der Waals surface area contributed by atoms with Crippen molar-refractivity contribution < 1.29 is 14.4 Å². The summed E-state index contributed by atoms with van der Waals surface area (Å²) >= 11 is 11.8. The van der Waals surface area contributed by atoms with Crippen LogP contribution >= 0.6 is 23.2 Å². The molecule has 0 spiro atoms. The molecule has 0 aliphatic carbocycles. The van der Waals surface area contributed by atoms with Crippen LogP contribution in [0.4, 0.5) is 11.4 Å². The number of fused-ring (bicyclic) bond motifs is 1. The minimum atomic E-state index is -0.964. The van der Waals surface area contributed by atoms with Crippen molar-refractivity contribution in [3.8, 4) is 0 Å². The van der Waals surface area contributed by atoms with Crippen LogP contribution in [-0.2, 0) is 14.4 Å². The summed E-state index contributed by atoms with van der Waals surface area (Å²) < 4.78 is 0. The van der Waals surface area contributed by atoms with Crippen molar-refractivity contribution in [1.29, 1.82) is 0 Å². The van der Waals surface area contributed by atoms with Gasteiger partial charge in [-0.1, -0.05) is 46.6 Å². The lowest BCUT2D eigenvalue weighted by Gasteiger charge is -2.22. The van der Waals surface area contributed by atoms with E-state index < -0.39 is 29.8 Å². The lowest BCUT2D eigenvalue weighted by atomic mass is 10.1. The fourth-order valence-corrected chi connectivity index (χ4v) is 3.95. The van der Waals surface area contributed by atoms with Gasteiger partial charge in [0.05, 0.1) is 15.7 Å². The first-order valence-electron chi connectivity index (χ1n) is 9.14. The van der Waals surface area contributed by atoms with Crippen LogP contribution < -0.4 is 10.2 Å². The summed E-state index contributed by atoms with van der Waals surface area (Å²) in [5.41, 5.74) is 2.61. The Morgan fingerprint density at radius 2 is 1.77 bits per heavy atom. The van der Waals surface area contributed by atoms with Gasteiger partial charge in [0.25, 0.3) is 11.8 Å². The summed E-state index contributed by atoms with van der Waals surface area (Å²) in [7, 11) is 0. The van der Waals surface area contributed by atoms with E-state index in [1.54, 1.807) is 12.1 Å². The Balaban J connectivity index is 1.52. The number of benzene rings is 2. The third kappa shape index (κ3) is 3.42. The lowest BCUT2D eigenvalue weighted by Crippen LogP contribution is -2.43. The molecule has 0 bridgehead atoms. The van der Waals surface area contributed by atoms with Crippen molar-refractivity contribution >= 4 is 52.3 Å². The number of nitrogens with one attached hydrogen (secondary N) is 1. The number of hydrogen-bond acceptors (Lipinski definition) is 6. The first kappa shape index (κ1) is 20.3. The number of carbonyl (C=O) groups excluding carboxylic acids is 3. The molecule has 2 atom stereocenters. The minimum absolute atomic E-state index is 0.246. The predicted octanol–water partition coefficient (Wildman–Crippen LogP) is 3.54. The van der Waals surface area contributed by atoms with Gasteiger partial charge >= 0.3 is 0 Å². The molecule has 0 radical (unpaired) electrons. The molecule has 2 aromatic rings. The summed E-state index contributed by atoms with van der Waals surface area (Å²) in [6.07, 6.45) is 0. The highest BCUT2D eigenvalue weighted by atomic mass is 35.5. The Hall–Kier alpha value is -2.97. The maximum absolute atomic E-state index is 13.1. The maximum Gasteiger partial charge on any atom is 0.263 e. The van der Waals surface area contributed by atoms with Crippen LogP contribution in [0.3, 0.4) is 0 Å². The highest BCUT2D eigenvalue weighted by molar-refractivity contribution is 6.42. The predicted molar refractivity (Wildman–Crippen MR) is 113 cm³/mol. The molecule has 8 nitrogen and oxygen atoms in total. The highest BCUT2D eigenvalue weighted by Crippen LogP contribution is 2.35. The van der Waals surface area contributed by atoms with E-state index in [4.69, 9.17) is 23.2 Å². The zero-order chi connectivity index (χ0) is 21.6. The van der Waals surface area contributed by atoms with Crippen molar-refractivity contribution in [2.24, 2.45) is 10.3 Å². The quantitative estimate of drug-likeness (QED) is 0.727. The van der Waals surface area contributed by atoms with Gasteiger partial charge in [-0.25, -0.2) is 4.90 Å². The van der Waals surface area contributed by atoms with Crippen LogP contribution in [0.5, 0.6) is 0 Å². The van der Waals surface area contributed by atoms with Crippen molar-refractivity contribution in [3.63, 3.8) is 0 Å². The molecular weight excluding hydrogens is 429 g/mol. The summed E-state index contributed by atoms with van der Waals surface area (Å²) in [6, 6.07) is 8.30. The average Bonchev–Trinajstić information content (AvgIpc) is 3.20. The van der Waals surface area contributed by atoms with Crippen LogP contribution in [0.1, 0.15) is 11.1 Å². The minimum Gasteiger partial charge on any atom is -0.324 e. The van der Waals surface area contributed by atoms with E-state index in [9.17, 15) is 14.4 Å². The van der Waals surface area contributed by atoms with Gasteiger partial charge in [0.1, 0.15) is 6.54 Å². The van der Waals surface area contributed by atoms with Crippen molar-refractivity contribution in [2.75, 3.05) is 16.8 Å². The van der Waals surface area contributed by atoms with E-state index in [2.05, 4.69) is 15.7 Å². The fourth-order valence-electron chi connectivity index (χ4n) is 3.65. The Labute approximate surface area is 182 Å². The summed E-state index contributed by atoms with van der Waals surface area (Å²) in [4.78, 5) is 39.6. The second-order valence-corrected chi connectivity index (χ2v) is 7.94. The number of halogens is 2. The monoisotopic (exact) mass is 445 g/mol. The number of aryl methyl sites for hydroxylation is 2. The topological polar surface area (TPSA) is 94.4 Å². The van der Waals surface area contributed by atoms with E-state index in [1.807, 2.05) is 32.0 Å². The summed E-state index contributed by atoms with van der Waals surface area (Å²) in [5, 5.41) is 12.4. The van der Waals surface area contributed by atoms with Gasteiger partial charge < -0.3 is 5.32 Å². The molecule has 1 saturated heterocycles. The molecule has 2 aliphatic rings. The Kier molecular flexibility index (Phi) is 5.21. The highest BCUT2D eigenvalue weighted by Gasteiger charge is 2.55. The first-order valence-corrected chi connectivity index (χ1v) is 9.90. The van der Waals surface area contributed by atoms with Crippen LogP contribution in [0.25, 0.3) is 0 Å². The van der Waals surface area contributed by atoms with Crippen LogP contribution in [-0.4, -0.2) is 41.4 Å². The fraction of sp³-hybridized carbons (Fsp3) is 0.250. The van der Waals surface area contributed by atoms with Gasteiger partial charge in [-0.05, 0) is 43.2 Å². The molecule has 154 valence electrons. The first-order chi connectivity index (χ1) is 14.3. The smallest absolute Gasteiger partial charge is 0.263 e. The number of para-hydroxylation sites is 1. The number of amides is 3. The van der Waals surface area contributed by atoms with Crippen molar-refractivity contribution in [1.82, 2.24) is 5.01 Å². The molecule has 2 aromatic carbocycles. The third-order valence-corrected chi connectivity index (χ3v) is 5.77. The van der Waals surface area contributed by atoms with Gasteiger partial charge in [-0.3, -0.25) is 19.4 Å². The third-order valence-electron chi connectivity index (χ3n) is 5.03. The van der Waals surface area contributed by atoms with Crippen LogP contribution in [0, 0.1) is 13.8 Å². The summed E-state index contributed by atoms with van der Waals surface area (Å²) in [5.74, 6) is -1.33. The SMILES string of the molecule is Cc1cccc(C)c1N1C(=O)[C@@H]2N=NN(CC(=O)Nc3ccc(Cl)c(Cl)c3)[C@H]2C1=O. The zero-order valence-corrected chi connectivity index (χ0v) is 17.6. The van der Waals surface area contributed by atoms with Crippen molar-refractivity contribution in [3.05, 3.63) is 57.6 Å². The van der Waals surface area contributed by atoms with Gasteiger partial charge in [0.15, 0.2) is 12.1 Å². The number of rotatable bonds is 4. The van der Waals surface area contributed by atoms with Crippen molar-refractivity contribution in [2.45, 2.75) is 25.9 Å². The van der Waals surface area contributed by atoms with E-state index in [0.29, 0.717) is 21.4 Å². The second-order valence-electron chi connectivity index (χ2n) is 7.12. The second kappa shape index (κ2) is 7.70. The molecule has 3 amide bonds. The Bertz CT molecular complexity index is 1080. The molecule has 10 heteroatoms. The molecule has 2 heterocycles. The van der Waals surface area contributed by atoms with Crippen LogP contribution in [0.2, 0.25) is 10.0 Å². The normalized spacial score (nSPS) is 20.1. The van der Waals surface area contributed by atoms with Gasteiger partial charge in [0.2, 0.25) is 5.91 Å². The zero-order valence-electron chi connectivity index (χ0n) is 16.1. The average molecular weight is 446 g/mol. The molecule has 4 rings (SSSR count). The van der Waals surface area contributed by atoms with E-state index in [1.165, 1.54) is 11.1 Å². The van der Waals surface area contributed by atoms with E-state index in [0.717, 1.165) is 16.0 Å². The number of hydrogen-bond donors (Lipinski definition) is 1. The number of carbonyl (C=O) groups is 3. The lowest BCUT2D eigenvalue weighted by molar-refractivity contribution is -0.123. The maximum atomic E-state index is 13.1. The van der Waals surface area contributed by atoms with Gasteiger partial charge in [-0.15, -0.1) is 0 Å². The molecule has 0 unspecified atom stereocenters. The molecule has 1 N–H and O–H groups in total. The largest absolute Gasteiger partial charge is 0.324 e. The molecule has 2 aliphatic heterocycles. The standard InChI is InChI=1S/C20H17Cl2N5O3/c1-10-4-3-5-11(2)17(10)27-19(29)16-18(20(27)30)26(25-24-16)9-15(28)23-12-6-7-13(21)14(22)8-12/h3-8,16,18H,9H2,1-2H3,(H,23,28)/t16-,18-/m1/s1. The van der Waals surface area contributed by atoms with Gasteiger partial charge in [0, 0.05) is 5.69 Å². The van der Waals surface area contributed by atoms with Gasteiger partial charge in [-0.2, -0.15) is 5.11 Å². The molecule has 30 heavy (non-hydrogen) atoms.